The maximum absolute atomic E-state index is 13.4. The van der Waals surface area contributed by atoms with Gasteiger partial charge in [0.25, 0.3) is 17.7 Å². The van der Waals surface area contributed by atoms with E-state index in [1.165, 1.54) is 25.1 Å². The Morgan fingerprint density at radius 3 is 2.34 bits per heavy atom. The number of thiophene rings is 1. The van der Waals surface area contributed by atoms with Crippen molar-refractivity contribution in [3.63, 3.8) is 0 Å². The van der Waals surface area contributed by atoms with E-state index < -0.39 is 23.8 Å². The van der Waals surface area contributed by atoms with Crippen LogP contribution >= 0.6 is 27.3 Å². The van der Waals surface area contributed by atoms with Crippen LogP contribution in [-0.2, 0) is 4.79 Å². The van der Waals surface area contributed by atoms with E-state index in [1.807, 2.05) is 49.4 Å². The number of benzene rings is 3. The number of halogens is 1. The van der Waals surface area contributed by atoms with E-state index in [9.17, 15) is 24.3 Å². The molecule has 38 heavy (non-hydrogen) atoms. The van der Waals surface area contributed by atoms with Gasteiger partial charge >= 0.3 is 5.97 Å². The second kappa shape index (κ2) is 11.7. The molecule has 0 bridgehead atoms. The number of carboxylic acid groups (broad SMARTS) is 1. The number of hydrogen-bond donors (Lipinski definition) is 3. The van der Waals surface area contributed by atoms with Gasteiger partial charge in [0.05, 0.1) is 16.5 Å². The highest BCUT2D eigenvalue weighted by molar-refractivity contribution is 9.10. The number of rotatable bonds is 8. The van der Waals surface area contributed by atoms with Gasteiger partial charge in [0.1, 0.15) is 6.04 Å². The van der Waals surface area contributed by atoms with Crippen molar-refractivity contribution in [2.24, 2.45) is 0 Å². The molecule has 0 saturated carbocycles. The monoisotopic (exact) mass is 593 g/mol. The fourth-order valence-corrected chi connectivity index (χ4v) is 5.11. The fourth-order valence-electron chi connectivity index (χ4n) is 3.90. The zero-order chi connectivity index (χ0) is 27.4. The molecule has 3 N–H and O–H groups in total. The van der Waals surface area contributed by atoms with Gasteiger partial charge in [-0.3, -0.25) is 19.2 Å². The number of nitrogens with zero attached hydrogens (tertiary/aromatic N) is 1. The number of aliphatic carboxylic acids is 1. The molecule has 3 aromatic carbocycles. The molecule has 0 unspecified atom stereocenters. The van der Waals surface area contributed by atoms with E-state index in [4.69, 9.17) is 0 Å². The highest BCUT2D eigenvalue weighted by Gasteiger charge is 2.30. The van der Waals surface area contributed by atoms with E-state index in [1.54, 1.807) is 17.5 Å². The lowest BCUT2D eigenvalue weighted by molar-refractivity contribution is -0.139. The molecule has 0 fully saturated rings. The second-order valence-electron chi connectivity index (χ2n) is 8.57. The first-order valence-corrected chi connectivity index (χ1v) is 13.3. The quantitative estimate of drug-likeness (QED) is 0.186. The summed E-state index contributed by atoms with van der Waals surface area (Å²) in [6.45, 7) is 3.22. The zero-order valence-electron chi connectivity index (χ0n) is 20.5. The van der Waals surface area contributed by atoms with Gasteiger partial charge in [0, 0.05) is 10.0 Å². The molecule has 2 atom stereocenters. The molecular formula is C28H24BrN3O5S. The van der Waals surface area contributed by atoms with Crippen molar-refractivity contribution in [3.8, 4) is 0 Å². The third-order valence-electron chi connectivity index (χ3n) is 5.93. The molecule has 0 spiro atoms. The standard InChI is InChI=1S/C28H24BrN3O5S/c1-16(20-10-5-8-18-7-3-4-9-21(18)20)30-25(33)19-12-13-22(23(29)15-19)26(34)32(31-17(2)28(36)37)27(35)24-11-6-14-38-24/h3-17,31H,1-2H3,(H,30,33)(H,36,37)/t16-,17+/m1/s1. The average Bonchev–Trinajstić information content (AvgIpc) is 3.45. The normalized spacial score (nSPS) is 12.5. The average molecular weight is 594 g/mol. The predicted octanol–water partition coefficient (Wildman–Crippen LogP) is 5.42. The lowest BCUT2D eigenvalue weighted by Gasteiger charge is -2.24. The molecule has 4 rings (SSSR count). The van der Waals surface area contributed by atoms with Gasteiger partial charge in [-0.05, 0) is 75.8 Å². The minimum absolute atomic E-state index is 0.0821. The molecule has 0 aliphatic rings. The summed E-state index contributed by atoms with van der Waals surface area (Å²) in [6.07, 6.45) is 0. The molecule has 0 aliphatic heterocycles. The van der Waals surface area contributed by atoms with Gasteiger partial charge < -0.3 is 10.4 Å². The van der Waals surface area contributed by atoms with Gasteiger partial charge in [0.2, 0.25) is 0 Å². The van der Waals surface area contributed by atoms with Crippen LogP contribution in [0.25, 0.3) is 10.8 Å². The van der Waals surface area contributed by atoms with Gasteiger partial charge in [-0.2, -0.15) is 0 Å². The Morgan fingerprint density at radius 2 is 1.66 bits per heavy atom. The SMILES string of the molecule is C[C@H](NN(C(=O)c1cccs1)C(=O)c1ccc(C(=O)N[C@H](C)c2cccc3ccccc23)cc1Br)C(=O)O. The fraction of sp³-hybridized carbons (Fsp3) is 0.143. The number of carbonyl (C=O) groups excluding carboxylic acids is 3. The van der Waals surface area contributed by atoms with Crippen molar-refractivity contribution in [2.45, 2.75) is 25.9 Å². The van der Waals surface area contributed by atoms with Crippen LogP contribution in [0.15, 0.2) is 82.6 Å². The first-order chi connectivity index (χ1) is 18.2. The lowest BCUT2D eigenvalue weighted by Crippen LogP contribution is -2.52. The van der Waals surface area contributed by atoms with Crippen molar-refractivity contribution in [1.29, 1.82) is 0 Å². The summed E-state index contributed by atoms with van der Waals surface area (Å²) in [4.78, 5) is 51.1. The number of carboxylic acids is 1. The second-order valence-corrected chi connectivity index (χ2v) is 10.4. The number of imide groups is 1. The van der Waals surface area contributed by atoms with E-state index in [-0.39, 0.29) is 26.9 Å². The van der Waals surface area contributed by atoms with Gasteiger partial charge in [-0.15, -0.1) is 11.3 Å². The molecular weight excluding hydrogens is 570 g/mol. The highest BCUT2D eigenvalue weighted by Crippen LogP contribution is 2.26. The molecule has 8 nitrogen and oxygen atoms in total. The summed E-state index contributed by atoms with van der Waals surface area (Å²) in [5.74, 6) is -3.02. The molecule has 194 valence electrons. The Labute approximate surface area is 231 Å². The predicted molar refractivity (Wildman–Crippen MR) is 149 cm³/mol. The number of fused-ring (bicyclic) bond motifs is 1. The van der Waals surface area contributed by atoms with Crippen LogP contribution in [0.3, 0.4) is 0 Å². The van der Waals surface area contributed by atoms with Crippen LogP contribution in [0, 0.1) is 0 Å². The third-order valence-corrected chi connectivity index (χ3v) is 7.44. The summed E-state index contributed by atoms with van der Waals surface area (Å²) in [5, 5.41) is 16.8. The van der Waals surface area contributed by atoms with Crippen molar-refractivity contribution >= 4 is 61.7 Å². The number of carbonyl (C=O) groups is 4. The van der Waals surface area contributed by atoms with Crippen LogP contribution in [0.4, 0.5) is 0 Å². The number of nitrogens with one attached hydrogen (secondary N) is 2. The number of hydrogen-bond acceptors (Lipinski definition) is 6. The number of amides is 3. The molecule has 1 heterocycles. The van der Waals surface area contributed by atoms with Crippen molar-refractivity contribution in [1.82, 2.24) is 15.8 Å². The Kier molecular flexibility index (Phi) is 8.35. The summed E-state index contributed by atoms with van der Waals surface area (Å²) in [7, 11) is 0. The van der Waals surface area contributed by atoms with E-state index in [0.717, 1.165) is 27.7 Å². The number of hydrazine groups is 1. The molecule has 1 aromatic heterocycles. The van der Waals surface area contributed by atoms with Crippen molar-refractivity contribution in [3.05, 3.63) is 104 Å². The summed E-state index contributed by atoms with van der Waals surface area (Å²) >= 11 is 4.47. The Balaban J connectivity index is 1.56. The molecule has 0 saturated heterocycles. The molecule has 4 aromatic rings. The molecule has 3 amide bonds. The maximum atomic E-state index is 13.4. The Bertz CT molecular complexity index is 1520. The first kappa shape index (κ1) is 27.2. The Morgan fingerprint density at radius 1 is 0.921 bits per heavy atom. The van der Waals surface area contributed by atoms with Gasteiger partial charge in [-0.25, -0.2) is 10.4 Å². The summed E-state index contributed by atoms with van der Waals surface area (Å²) in [6, 6.07) is 20.0. The lowest BCUT2D eigenvalue weighted by atomic mass is 9.99. The van der Waals surface area contributed by atoms with Crippen molar-refractivity contribution < 1.29 is 24.3 Å². The third kappa shape index (κ3) is 5.83. The highest BCUT2D eigenvalue weighted by atomic mass is 79.9. The van der Waals surface area contributed by atoms with Crippen LogP contribution in [-0.4, -0.2) is 39.8 Å². The van der Waals surface area contributed by atoms with Crippen LogP contribution in [0.5, 0.6) is 0 Å². The van der Waals surface area contributed by atoms with Gasteiger partial charge in [0.15, 0.2) is 0 Å². The summed E-state index contributed by atoms with van der Waals surface area (Å²) < 4.78 is 0.279. The largest absolute Gasteiger partial charge is 0.480 e. The van der Waals surface area contributed by atoms with Crippen LogP contribution < -0.4 is 10.7 Å². The minimum atomic E-state index is -1.23. The molecule has 0 radical (unpaired) electrons. The van der Waals surface area contributed by atoms with E-state index in [2.05, 4.69) is 26.7 Å². The van der Waals surface area contributed by atoms with E-state index in [0.29, 0.717) is 10.6 Å². The molecule has 10 heteroatoms. The van der Waals surface area contributed by atoms with E-state index >= 15 is 0 Å². The van der Waals surface area contributed by atoms with Crippen LogP contribution in [0.2, 0.25) is 0 Å². The topological polar surface area (TPSA) is 116 Å². The van der Waals surface area contributed by atoms with Gasteiger partial charge in [-0.1, -0.05) is 48.5 Å². The zero-order valence-corrected chi connectivity index (χ0v) is 22.9. The van der Waals surface area contributed by atoms with Crippen molar-refractivity contribution in [2.75, 3.05) is 0 Å². The first-order valence-electron chi connectivity index (χ1n) is 11.7. The maximum Gasteiger partial charge on any atom is 0.322 e. The summed E-state index contributed by atoms with van der Waals surface area (Å²) in [5.41, 5.74) is 3.83. The minimum Gasteiger partial charge on any atom is -0.480 e. The molecule has 0 aliphatic carbocycles. The smallest absolute Gasteiger partial charge is 0.322 e. The Hall–Kier alpha value is -3.86. The van der Waals surface area contributed by atoms with Crippen LogP contribution in [0.1, 0.15) is 55.8 Å².